The Hall–Kier alpha value is -1.20. The molecule has 0 bridgehead atoms. The quantitative estimate of drug-likeness (QED) is 0.840. The van der Waals surface area contributed by atoms with Crippen molar-refractivity contribution >= 4 is 17.5 Å². The van der Waals surface area contributed by atoms with Gasteiger partial charge >= 0.3 is 0 Å². The smallest absolute Gasteiger partial charge is 0.257 e. The molecule has 0 atom stereocenters. The molecule has 1 N–H and O–H groups in total. The Morgan fingerprint density at radius 3 is 2.56 bits per heavy atom. The normalized spacial score (nSPS) is 10.5. The van der Waals surface area contributed by atoms with E-state index < -0.39 is 17.5 Å². The van der Waals surface area contributed by atoms with Crippen LogP contribution in [0.5, 0.6) is 0 Å². The van der Waals surface area contributed by atoms with E-state index in [2.05, 4.69) is 0 Å². The van der Waals surface area contributed by atoms with E-state index >= 15 is 0 Å². The number of amides is 1. The molecule has 0 saturated heterocycles. The molecule has 0 fully saturated rings. The van der Waals surface area contributed by atoms with Gasteiger partial charge in [0.2, 0.25) is 0 Å². The Balaban J connectivity index is 3.04. The topological polar surface area (TPSA) is 40.5 Å². The molecule has 0 spiro atoms. The molecule has 0 heterocycles. The fourth-order valence-corrected chi connectivity index (χ4v) is 1.71. The average molecular weight is 278 g/mol. The van der Waals surface area contributed by atoms with E-state index in [0.29, 0.717) is 13.0 Å². The first-order valence-electron chi connectivity index (χ1n) is 5.56. The zero-order valence-corrected chi connectivity index (χ0v) is 10.7. The van der Waals surface area contributed by atoms with Gasteiger partial charge in [0, 0.05) is 13.1 Å². The lowest BCUT2D eigenvalue weighted by molar-refractivity contribution is 0.0716. The van der Waals surface area contributed by atoms with Crippen LogP contribution in [0.4, 0.5) is 8.78 Å². The largest absolute Gasteiger partial charge is 0.395 e. The summed E-state index contributed by atoms with van der Waals surface area (Å²) in [5.74, 6) is -2.37. The Kier molecular flexibility index (Phi) is 5.50. The molecule has 0 aromatic heterocycles. The van der Waals surface area contributed by atoms with E-state index in [9.17, 15) is 13.6 Å². The van der Waals surface area contributed by atoms with Gasteiger partial charge in [-0.25, -0.2) is 8.78 Å². The Bertz CT molecular complexity index is 434. The van der Waals surface area contributed by atoms with E-state index in [1.807, 2.05) is 6.92 Å². The first-order chi connectivity index (χ1) is 8.51. The minimum atomic E-state index is -0.870. The van der Waals surface area contributed by atoms with Gasteiger partial charge in [0.15, 0.2) is 0 Å². The molecule has 0 aliphatic rings. The lowest BCUT2D eigenvalue weighted by Gasteiger charge is -2.21. The van der Waals surface area contributed by atoms with E-state index in [1.165, 1.54) is 4.90 Å². The van der Waals surface area contributed by atoms with Crippen LogP contribution in [0.15, 0.2) is 12.1 Å². The Morgan fingerprint density at radius 1 is 1.33 bits per heavy atom. The second-order valence-corrected chi connectivity index (χ2v) is 4.17. The molecule has 1 aromatic carbocycles. The van der Waals surface area contributed by atoms with Gasteiger partial charge in [-0.2, -0.15) is 0 Å². The number of carbonyl (C=O) groups excluding carboxylic acids is 1. The summed E-state index contributed by atoms with van der Waals surface area (Å²) in [4.78, 5) is 13.2. The van der Waals surface area contributed by atoms with E-state index in [-0.39, 0.29) is 23.7 Å². The van der Waals surface area contributed by atoms with Crippen molar-refractivity contribution in [3.05, 3.63) is 34.4 Å². The molecule has 1 aromatic rings. The number of aliphatic hydroxyl groups excluding tert-OH is 1. The van der Waals surface area contributed by atoms with Crippen LogP contribution in [-0.2, 0) is 0 Å². The summed E-state index contributed by atoms with van der Waals surface area (Å²) in [5, 5.41) is 8.48. The molecule has 18 heavy (non-hydrogen) atoms. The summed E-state index contributed by atoms with van der Waals surface area (Å²) in [7, 11) is 0. The van der Waals surface area contributed by atoms with Crippen molar-refractivity contribution in [2.45, 2.75) is 13.3 Å². The third kappa shape index (κ3) is 3.40. The predicted octanol–water partition coefficient (Wildman–Crippen LogP) is 2.46. The van der Waals surface area contributed by atoms with E-state index in [1.54, 1.807) is 0 Å². The highest BCUT2D eigenvalue weighted by Crippen LogP contribution is 2.20. The molecular weight excluding hydrogens is 264 g/mol. The van der Waals surface area contributed by atoms with Gasteiger partial charge < -0.3 is 10.0 Å². The molecule has 0 aliphatic carbocycles. The number of hydrogen-bond donors (Lipinski definition) is 1. The summed E-state index contributed by atoms with van der Waals surface area (Å²) < 4.78 is 26.8. The van der Waals surface area contributed by atoms with Gasteiger partial charge in [-0.05, 0) is 18.6 Å². The van der Waals surface area contributed by atoms with Gasteiger partial charge in [0.05, 0.1) is 17.2 Å². The van der Waals surface area contributed by atoms with Crippen molar-refractivity contribution in [2.24, 2.45) is 0 Å². The molecule has 0 aliphatic heterocycles. The summed E-state index contributed by atoms with van der Waals surface area (Å²) >= 11 is 5.41. The molecule has 1 amide bonds. The molecule has 100 valence electrons. The highest BCUT2D eigenvalue weighted by molar-refractivity contribution is 6.30. The van der Waals surface area contributed by atoms with Crippen LogP contribution in [0.3, 0.4) is 0 Å². The molecule has 6 heteroatoms. The van der Waals surface area contributed by atoms with Crippen LogP contribution in [0, 0.1) is 11.6 Å². The number of carbonyl (C=O) groups is 1. The first-order valence-corrected chi connectivity index (χ1v) is 5.93. The molecule has 0 radical (unpaired) electrons. The predicted molar refractivity (Wildman–Crippen MR) is 64.6 cm³/mol. The van der Waals surface area contributed by atoms with Crippen molar-refractivity contribution in [2.75, 3.05) is 19.7 Å². The third-order valence-electron chi connectivity index (χ3n) is 2.39. The third-order valence-corrected chi connectivity index (χ3v) is 2.68. The summed E-state index contributed by atoms with van der Waals surface area (Å²) in [6, 6.07) is 1.55. The molecular formula is C12H14ClF2NO2. The highest BCUT2D eigenvalue weighted by atomic mass is 35.5. The van der Waals surface area contributed by atoms with E-state index in [4.69, 9.17) is 16.7 Å². The molecule has 0 unspecified atom stereocenters. The van der Waals surface area contributed by atoms with Gasteiger partial charge in [-0.15, -0.1) is 0 Å². The van der Waals surface area contributed by atoms with Gasteiger partial charge in [-0.3, -0.25) is 4.79 Å². The summed E-state index contributed by atoms with van der Waals surface area (Å²) in [5.41, 5.74) is -0.376. The monoisotopic (exact) mass is 277 g/mol. The number of nitrogens with zero attached hydrogens (tertiary/aromatic N) is 1. The van der Waals surface area contributed by atoms with Gasteiger partial charge in [-0.1, -0.05) is 18.5 Å². The van der Waals surface area contributed by atoms with Gasteiger partial charge in [0.1, 0.15) is 11.6 Å². The summed E-state index contributed by atoms with van der Waals surface area (Å²) in [6.07, 6.45) is 0.656. The zero-order chi connectivity index (χ0) is 13.7. The van der Waals surface area contributed by atoms with Crippen molar-refractivity contribution < 1.29 is 18.7 Å². The second kappa shape index (κ2) is 6.66. The number of hydrogen-bond acceptors (Lipinski definition) is 2. The maximum Gasteiger partial charge on any atom is 0.257 e. The summed E-state index contributed by atoms with van der Waals surface area (Å²) in [6.45, 7) is 2.05. The van der Waals surface area contributed by atoms with Gasteiger partial charge in [0.25, 0.3) is 5.91 Å². The first kappa shape index (κ1) is 14.9. The molecule has 0 saturated carbocycles. The highest BCUT2D eigenvalue weighted by Gasteiger charge is 2.20. The Labute approximate surface area is 109 Å². The number of aliphatic hydroxyl groups is 1. The molecule has 3 nitrogen and oxygen atoms in total. The average Bonchev–Trinajstić information content (AvgIpc) is 2.33. The van der Waals surface area contributed by atoms with Crippen LogP contribution in [0.25, 0.3) is 0 Å². The minimum Gasteiger partial charge on any atom is -0.395 e. The lowest BCUT2D eigenvalue weighted by Crippen LogP contribution is -2.34. The fraction of sp³-hybridized carbons (Fsp3) is 0.417. The number of rotatable bonds is 5. The SMILES string of the molecule is CCCN(CCO)C(=O)c1cc(F)c(Cl)cc1F. The zero-order valence-electron chi connectivity index (χ0n) is 9.92. The standard InChI is InChI=1S/C12H14ClF2NO2/c1-2-3-16(4-5-17)12(18)8-6-11(15)9(13)7-10(8)14/h6-7,17H,2-5H2,1H3. The van der Waals surface area contributed by atoms with Crippen molar-refractivity contribution in [3.8, 4) is 0 Å². The van der Waals surface area contributed by atoms with Crippen LogP contribution < -0.4 is 0 Å². The Morgan fingerprint density at radius 2 is 2.00 bits per heavy atom. The van der Waals surface area contributed by atoms with Crippen molar-refractivity contribution in [3.63, 3.8) is 0 Å². The maximum atomic E-state index is 13.6. The molecule has 1 rings (SSSR count). The van der Waals surface area contributed by atoms with Crippen LogP contribution >= 0.6 is 11.6 Å². The van der Waals surface area contributed by atoms with Crippen LogP contribution in [0.1, 0.15) is 23.7 Å². The number of benzene rings is 1. The number of halogens is 3. The van der Waals surface area contributed by atoms with Crippen LogP contribution in [0.2, 0.25) is 5.02 Å². The fourth-order valence-electron chi connectivity index (χ4n) is 1.56. The minimum absolute atomic E-state index is 0.0797. The van der Waals surface area contributed by atoms with Crippen molar-refractivity contribution in [1.29, 1.82) is 0 Å². The van der Waals surface area contributed by atoms with Crippen molar-refractivity contribution in [1.82, 2.24) is 4.90 Å². The van der Waals surface area contributed by atoms with E-state index in [0.717, 1.165) is 12.1 Å². The lowest BCUT2D eigenvalue weighted by atomic mass is 10.1. The van der Waals surface area contributed by atoms with Crippen LogP contribution in [-0.4, -0.2) is 35.6 Å². The maximum absolute atomic E-state index is 13.6. The second-order valence-electron chi connectivity index (χ2n) is 3.76.